The maximum Gasteiger partial charge on any atom is 0.260 e. The quantitative estimate of drug-likeness (QED) is 0.908. The molecule has 0 aromatic carbocycles. The number of carbonyl (C=O) groups excluding carboxylic acids is 1. The molecule has 88 valence electrons. The highest BCUT2D eigenvalue weighted by Crippen LogP contribution is 2.17. The zero-order chi connectivity index (χ0) is 12.4. The van der Waals surface area contributed by atoms with Crippen molar-refractivity contribution >= 4 is 34.9 Å². The van der Waals surface area contributed by atoms with E-state index >= 15 is 0 Å². The summed E-state index contributed by atoms with van der Waals surface area (Å²) in [6.45, 7) is 1.71. The first kappa shape index (κ1) is 11.8. The van der Waals surface area contributed by atoms with E-state index in [1.807, 2.05) is 0 Å². The molecule has 6 nitrogen and oxygen atoms in total. The lowest BCUT2D eigenvalue weighted by molar-refractivity contribution is 0.102. The summed E-state index contributed by atoms with van der Waals surface area (Å²) in [7, 11) is 0. The van der Waals surface area contributed by atoms with Gasteiger partial charge in [0.1, 0.15) is 5.76 Å². The molecule has 0 atom stereocenters. The van der Waals surface area contributed by atoms with Gasteiger partial charge in [0.05, 0.1) is 5.56 Å². The van der Waals surface area contributed by atoms with Crippen LogP contribution in [-0.2, 0) is 0 Å². The molecule has 0 fully saturated rings. The standard InChI is InChI=1S/C9H6Cl2N4O2/c1-4-2-7(15-17-4)12-9(16)5-3-6(10)13-14-8(5)11/h2-3H,1H3,(H,12,15,16). The number of hydrogen-bond donors (Lipinski definition) is 1. The molecule has 0 saturated heterocycles. The topological polar surface area (TPSA) is 80.9 Å². The predicted molar refractivity (Wildman–Crippen MR) is 61.2 cm³/mol. The van der Waals surface area contributed by atoms with E-state index in [1.165, 1.54) is 6.07 Å². The van der Waals surface area contributed by atoms with E-state index in [4.69, 9.17) is 27.7 Å². The Hall–Kier alpha value is -1.66. The third-order valence-corrected chi connectivity index (χ3v) is 2.30. The summed E-state index contributed by atoms with van der Waals surface area (Å²) in [6, 6.07) is 2.89. The van der Waals surface area contributed by atoms with E-state index in [1.54, 1.807) is 13.0 Å². The van der Waals surface area contributed by atoms with Crippen LogP contribution in [0.2, 0.25) is 10.3 Å². The van der Waals surface area contributed by atoms with Crippen LogP contribution in [0.5, 0.6) is 0 Å². The summed E-state index contributed by atoms with van der Waals surface area (Å²) < 4.78 is 4.80. The van der Waals surface area contributed by atoms with E-state index in [-0.39, 0.29) is 21.7 Å². The Morgan fingerprint density at radius 2 is 2.12 bits per heavy atom. The molecule has 0 radical (unpaired) electrons. The molecule has 2 aromatic heterocycles. The lowest BCUT2D eigenvalue weighted by Gasteiger charge is -2.02. The Morgan fingerprint density at radius 3 is 2.76 bits per heavy atom. The number of hydrogen-bond acceptors (Lipinski definition) is 5. The van der Waals surface area contributed by atoms with Crippen molar-refractivity contribution in [1.29, 1.82) is 0 Å². The van der Waals surface area contributed by atoms with E-state index in [9.17, 15) is 4.79 Å². The molecule has 0 aliphatic carbocycles. The van der Waals surface area contributed by atoms with Gasteiger partial charge in [-0.1, -0.05) is 28.4 Å². The van der Waals surface area contributed by atoms with Crippen LogP contribution in [0.15, 0.2) is 16.7 Å². The molecular formula is C9H6Cl2N4O2. The van der Waals surface area contributed by atoms with Crippen LogP contribution in [0, 0.1) is 6.92 Å². The zero-order valence-electron chi connectivity index (χ0n) is 8.57. The SMILES string of the molecule is Cc1cc(NC(=O)c2cc(Cl)nnc2Cl)no1. The van der Waals surface area contributed by atoms with E-state index < -0.39 is 5.91 Å². The number of nitrogens with one attached hydrogen (secondary N) is 1. The first-order chi connectivity index (χ1) is 8.06. The highest BCUT2D eigenvalue weighted by atomic mass is 35.5. The van der Waals surface area contributed by atoms with E-state index in [0.717, 1.165) is 0 Å². The smallest absolute Gasteiger partial charge is 0.260 e. The fourth-order valence-corrected chi connectivity index (χ4v) is 1.45. The summed E-state index contributed by atoms with van der Waals surface area (Å²) in [5.74, 6) is 0.383. The van der Waals surface area contributed by atoms with Crippen molar-refractivity contribution in [2.45, 2.75) is 6.92 Å². The Morgan fingerprint density at radius 1 is 1.35 bits per heavy atom. The molecule has 2 heterocycles. The van der Waals surface area contributed by atoms with Crippen LogP contribution >= 0.6 is 23.2 Å². The maximum atomic E-state index is 11.8. The summed E-state index contributed by atoms with van der Waals surface area (Å²) >= 11 is 11.3. The van der Waals surface area contributed by atoms with Gasteiger partial charge < -0.3 is 9.84 Å². The van der Waals surface area contributed by atoms with Gasteiger partial charge in [-0.2, -0.15) is 0 Å². The van der Waals surface area contributed by atoms with Crippen molar-refractivity contribution in [2.24, 2.45) is 0 Å². The van der Waals surface area contributed by atoms with Crippen LogP contribution in [-0.4, -0.2) is 21.3 Å². The Bertz CT molecular complexity index is 570. The molecule has 0 aliphatic heterocycles. The summed E-state index contributed by atoms with van der Waals surface area (Å²) in [6.07, 6.45) is 0. The molecule has 17 heavy (non-hydrogen) atoms. The molecule has 2 rings (SSSR count). The molecule has 0 spiro atoms. The first-order valence-corrected chi connectivity index (χ1v) is 5.25. The number of amides is 1. The van der Waals surface area contributed by atoms with Crippen molar-refractivity contribution in [3.63, 3.8) is 0 Å². The maximum absolute atomic E-state index is 11.8. The number of aryl methyl sites for hydroxylation is 1. The number of anilines is 1. The molecule has 8 heteroatoms. The van der Waals surface area contributed by atoms with E-state index in [2.05, 4.69) is 20.7 Å². The van der Waals surface area contributed by atoms with Gasteiger partial charge in [0.15, 0.2) is 16.1 Å². The Balaban J connectivity index is 2.22. The van der Waals surface area contributed by atoms with Crippen molar-refractivity contribution in [2.75, 3.05) is 5.32 Å². The van der Waals surface area contributed by atoms with Crippen LogP contribution in [0.4, 0.5) is 5.82 Å². The predicted octanol–water partition coefficient (Wildman–Crippen LogP) is 2.33. The van der Waals surface area contributed by atoms with Gasteiger partial charge in [0, 0.05) is 6.07 Å². The van der Waals surface area contributed by atoms with Crippen molar-refractivity contribution in [3.8, 4) is 0 Å². The minimum absolute atomic E-state index is 0.0351. The summed E-state index contributed by atoms with van der Waals surface area (Å²) in [5, 5.41) is 13.2. The average Bonchev–Trinajstić information content (AvgIpc) is 2.67. The molecule has 0 aliphatic rings. The molecular weight excluding hydrogens is 267 g/mol. The zero-order valence-corrected chi connectivity index (χ0v) is 10.1. The minimum atomic E-state index is -0.486. The van der Waals surface area contributed by atoms with Gasteiger partial charge in [-0.15, -0.1) is 10.2 Å². The van der Waals surface area contributed by atoms with Gasteiger partial charge in [0.2, 0.25) is 0 Å². The fourth-order valence-electron chi connectivity index (χ4n) is 1.12. The van der Waals surface area contributed by atoms with Crippen LogP contribution < -0.4 is 5.32 Å². The lowest BCUT2D eigenvalue weighted by atomic mass is 10.3. The van der Waals surface area contributed by atoms with Gasteiger partial charge >= 0.3 is 0 Å². The molecule has 2 aromatic rings. The lowest BCUT2D eigenvalue weighted by Crippen LogP contribution is -2.13. The van der Waals surface area contributed by atoms with Crippen molar-refractivity contribution in [3.05, 3.63) is 33.8 Å². The molecule has 1 amide bonds. The monoisotopic (exact) mass is 272 g/mol. The largest absolute Gasteiger partial charge is 0.360 e. The molecule has 0 unspecified atom stereocenters. The Kier molecular flexibility index (Phi) is 3.26. The molecule has 0 bridgehead atoms. The van der Waals surface area contributed by atoms with Gasteiger partial charge in [-0.25, -0.2) is 0 Å². The van der Waals surface area contributed by atoms with Crippen molar-refractivity contribution in [1.82, 2.24) is 15.4 Å². The normalized spacial score (nSPS) is 10.3. The summed E-state index contributed by atoms with van der Waals surface area (Å²) in [4.78, 5) is 11.8. The second-order valence-electron chi connectivity index (χ2n) is 3.15. The second-order valence-corrected chi connectivity index (χ2v) is 3.89. The second kappa shape index (κ2) is 4.68. The van der Waals surface area contributed by atoms with E-state index in [0.29, 0.717) is 5.76 Å². The average molecular weight is 273 g/mol. The van der Waals surface area contributed by atoms with Crippen LogP contribution in [0.3, 0.4) is 0 Å². The Labute approximate surface area is 106 Å². The number of nitrogens with zero attached hydrogens (tertiary/aromatic N) is 3. The summed E-state index contributed by atoms with van der Waals surface area (Å²) in [5.41, 5.74) is 0.118. The number of aromatic nitrogens is 3. The third kappa shape index (κ3) is 2.72. The number of carbonyl (C=O) groups is 1. The first-order valence-electron chi connectivity index (χ1n) is 4.49. The molecule has 1 N–H and O–H groups in total. The number of halogens is 2. The van der Waals surface area contributed by atoms with Gasteiger partial charge in [-0.05, 0) is 13.0 Å². The minimum Gasteiger partial charge on any atom is -0.360 e. The van der Waals surface area contributed by atoms with Gasteiger partial charge in [0.25, 0.3) is 5.91 Å². The van der Waals surface area contributed by atoms with Crippen LogP contribution in [0.1, 0.15) is 16.1 Å². The third-order valence-electron chi connectivity index (χ3n) is 1.83. The number of rotatable bonds is 2. The highest BCUT2D eigenvalue weighted by Gasteiger charge is 2.14. The van der Waals surface area contributed by atoms with Crippen LogP contribution in [0.25, 0.3) is 0 Å². The van der Waals surface area contributed by atoms with Crippen molar-refractivity contribution < 1.29 is 9.32 Å². The van der Waals surface area contributed by atoms with Gasteiger partial charge in [-0.3, -0.25) is 4.79 Å². The fraction of sp³-hybridized carbons (Fsp3) is 0.111. The highest BCUT2D eigenvalue weighted by molar-refractivity contribution is 6.34. The molecule has 0 saturated carbocycles.